The van der Waals surface area contributed by atoms with Gasteiger partial charge in [0.1, 0.15) is 6.54 Å². The minimum atomic E-state index is -1.12. The molecule has 1 aliphatic heterocycles. The van der Waals surface area contributed by atoms with Crippen LogP contribution < -0.4 is 0 Å². The van der Waals surface area contributed by atoms with E-state index >= 15 is 0 Å². The number of nitrogens with zero attached hydrogens (tertiary/aromatic N) is 3. The standard InChI is InChI=1S/C12H19N3O7/c16-9-5-13(3-4-15(9)8-12(21)22)1-2-14(6-10(17)18)7-11(19)20/h1-8H2,(H,17,18)(H,19,20)(H,21,22). The fourth-order valence-electron chi connectivity index (χ4n) is 2.16. The Morgan fingerprint density at radius 1 is 1.00 bits per heavy atom. The SMILES string of the molecule is O=C(O)CN(CCN1CCN(CC(=O)O)C(=O)C1)CC(=O)O. The number of aliphatic carboxylic acids is 3. The molecule has 0 unspecified atom stereocenters. The third kappa shape index (κ3) is 6.50. The zero-order valence-corrected chi connectivity index (χ0v) is 12.0. The summed E-state index contributed by atoms with van der Waals surface area (Å²) in [7, 11) is 0. The fourth-order valence-corrected chi connectivity index (χ4v) is 2.16. The highest BCUT2D eigenvalue weighted by Crippen LogP contribution is 2.03. The molecule has 22 heavy (non-hydrogen) atoms. The van der Waals surface area contributed by atoms with Gasteiger partial charge in [-0.2, -0.15) is 0 Å². The molecular formula is C12H19N3O7. The van der Waals surface area contributed by atoms with Crippen LogP contribution in [-0.4, -0.2) is 106 Å². The highest BCUT2D eigenvalue weighted by molar-refractivity contribution is 5.83. The molecule has 0 aromatic heterocycles. The van der Waals surface area contributed by atoms with Gasteiger partial charge in [-0.25, -0.2) is 0 Å². The monoisotopic (exact) mass is 317 g/mol. The van der Waals surface area contributed by atoms with Crippen molar-refractivity contribution < 1.29 is 34.5 Å². The van der Waals surface area contributed by atoms with Gasteiger partial charge in [-0.05, 0) is 0 Å². The van der Waals surface area contributed by atoms with Crippen molar-refractivity contribution in [3.05, 3.63) is 0 Å². The maximum Gasteiger partial charge on any atom is 0.323 e. The second-order valence-electron chi connectivity index (χ2n) is 4.98. The third-order valence-electron chi connectivity index (χ3n) is 3.17. The molecule has 124 valence electrons. The van der Waals surface area contributed by atoms with Gasteiger partial charge in [0.2, 0.25) is 5.91 Å². The lowest BCUT2D eigenvalue weighted by molar-refractivity contribution is -0.147. The maximum absolute atomic E-state index is 11.8. The van der Waals surface area contributed by atoms with Crippen LogP contribution in [-0.2, 0) is 19.2 Å². The van der Waals surface area contributed by atoms with Gasteiger partial charge in [-0.1, -0.05) is 0 Å². The van der Waals surface area contributed by atoms with Crippen LogP contribution in [0.1, 0.15) is 0 Å². The van der Waals surface area contributed by atoms with E-state index in [1.165, 1.54) is 9.80 Å². The van der Waals surface area contributed by atoms with Gasteiger partial charge in [0.25, 0.3) is 0 Å². The van der Waals surface area contributed by atoms with Crippen LogP contribution in [0.25, 0.3) is 0 Å². The number of hydrogen-bond donors (Lipinski definition) is 3. The molecule has 0 atom stereocenters. The number of carbonyl (C=O) groups is 4. The molecule has 10 nitrogen and oxygen atoms in total. The lowest BCUT2D eigenvalue weighted by Gasteiger charge is -2.34. The van der Waals surface area contributed by atoms with Crippen LogP contribution >= 0.6 is 0 Å². The normalized spacial score (nSPS) is 16.0. The molecule has 0 aliphatic carbocycles. The van der Waals surface area contributed by atoms with Crippen LogP contribution in [0, 0.1) is 0 Å². The Morgan fingerprint density at radius 3 is 2.05 bits per heavy atom. The Balaban J connectivity index is 2.43. The summed E-state index contributed by atoms with van der Waals surface area (Å²) in [6.07, 6.45) is 0. The minimum absolute atomic E-state index is 0.0429. The van der Waals surface area contributed by atoms with Gasteiger partial charge in [-0.3, -0.25) is 29.0 Å². The Hall–Kier alpha value is -2.20. The zero-order valence-electron chi connectivity index (χ0n) is 12.0. The smallest absolute Gasteiger partial charge is 0.323 e. The molecule has 1 fully saturated rings. The lowest BCUT2D eigenvalue weighted by atomic mass is 10.3. The first kappa shape index (κ1) is 17.9. The highest BCUT2D eigenvalue weighted by atomic mass is 16.4. The number of amides is 1. The number of carbonyl (C=O) groups excluding carboxylic acids is 1. The largest absolute Gasteiger partial charge is 0.480 e. The van der Waals surface area contributed by atoms with Gasteiger partial charge in [-0.15, -0.1) is 0 Å². The van der Waals surface area contributed by atoms with Crippen molar-refractivity contribution in [2.45, 2.75) is 0 Å². The number of carboxylic acid groups (broad SMARTS) is 3. The summed E-state index contributed by atoms with van der Waals surface area (Å²) in [5.74, 6) is -3.63. The molecule has 0 bridgehead atoms. The van der Waals surface area contributed by atoms with Gasteiger partial charge >= 0.3 is 17.9 Å². The molecule has 0 aromatic rings. The molecule has 10 heteroatoms. The number of carboxylic acids is 3. The molecule has 3 N–H and O–H groups in total. The van der Waals surface area contributed by atoms with Crippen LogP contribution in [0.4, 0.5) is 0 Å². The molecule has 0 saturated carbocycles. The van der Waals surface area contributed by atoms with Crippen molar-refractivity contribution in [3.8, 4) is 0 Å². The van der Waals surface area contributed by atoms with Crippen molar-refractivity contribution in [3.63, 3.8) is 0 Å². The quantitative estimate of drug-likeness (QED) is 0.428. The van der Waals surface area contributed by atoms with Crippen molar-refractivity contribution in [2.24, 2.45) is 0 Å². The third-order valence-corrected chi connectivity index (χ3v) is 3.17. The number of rotatable bonds is 9. The second kappa shape index (κ2) is 8.29. The first-order valence-corrected chi connectivity index (χ1v) is 6.65. The van der Waals surface area contributed by atoms with Crippen molar-refractivity contribution in [1.29, 1.82) is 0 Å². The number of hydrogen-bond acceptors (Lipinski definition) is 6. The molecule has 0 radical (unpaired) electrons. The maximum atomic E-state index is 11.8. The van der Waals surface area contributed by atoms with Gasteiger partial charge in [0, 0.05) is 26.2 Å². The van der Waals surface area contributed by atoms with E-state index in [-0.39, 0.29) is 45.2 Å². The lowest BCUT2D eigenvalue weighted by Crippen LogP contribution is -2.53. The predicted octanol–water partition coefficient (Wildman–Crippen LogP) is -2.31. The van der Waals surface area contributed by atoms with Crippen molar-refractivity contribution in [1.82, 2.24) is 14.7 Å². The summed E-state index contributed by atoms with van der Waals surface area (Å²) in [5.41, 5.74) is 0. The average molecular weight is 317 g/mol. The minimum Gasteiger partial charge on any atom is -0.480 e. The topological polar surface area (TPSA) is 139 Å². The van der Waals surface area contributed by atoms with E-state index in [4.69, 9.17) is 15.3 Å². The van der Waals surface area contributed by atoms with E-state index in [1.54, 1.807) is 4.90 Å². The first-order valence-electron chi connectivity index (χ1n) is 6.65. The highest BCUT2D eigenvalue weighted by Gasteiger charge is 2.25. The van der Waals surface area contributed by atoms with E-state index in [2.05, 4.69) is 0 Å². The van der Waals surface area contributed by atoms with E-state index in [0.717, 1.165) is 0 Å². The van der Waals surface area contributed by atoms with E-state index in [9.17, 15) is 19.2 Å². The molecule has 1 saturated heterocycles. The van der Waals surface area contributed by atoms with Crippen molar-refractivity contribution >= 4 is 23.8 Å². The summed E-state index contributed by atoms with van der Waals surface area (Å²) in [6, 6.07) is 0. The molecular weight excluding hydrogens is 298 g/mol. The molecule has 0 spiro atoms. The average Bonchev–Trinajstić information content (AvgIpc) is 2.37. The zero-order chi connectivity index (χ0) is 16.7. The Bertz CT molecular complexity index is 438. The van der Waals surface area contributed by atoms with E-state index in [1.807, 2.05) is 0 Å². The van der Waals surface area contributed by atoms with Crippen LogP contribution in [0.2, 0.25) is 0 Å². The molecule has 1 aliphatic rings. The van der Waals surface area contributed by atoms with Crippen LogP contribution in [0.15, 0.2) is 0 Å². The van der Waals surface area contributed by atoms with E-state index in [0.29, 0.717) is 13.1 Å². The number of piperazine rings is 1. The molecule has 0 aromatic carbocycles. The second-order valence-corrected chi connectivity index (χ2v) is 4.98. The van der Waals surface area contributed by atoms with Crippen molar-refractivity contribution in [2.75, 3.05) is 52.4 Å². The fraction of sp³-hybridized carbons (Fsp3) is 0.667. The summed E-state index contributed by atoms with van der Waals surface area (Å²) in [5, 5.41) is 26.1. The van der Waals surface area contributed by atoms with Crippen LogP contribution in [0.3, 0.4) is 0 Å². The Labute approximate surface area is 126 Å². The summed E-state index contributed by atoms with van der Waals surface area (Å²) in [4.78, 5) is 48.0. The predicted molar refractivity (Wildman–Crippen MR) is 72.4 cm³/mol. The first-order chi connectivity index (χ1) is 10.3. The summed E-state index contributed by atoms with van der Waals surface area (Å²) in [6.45, 7) is 0.213. The van der Waals surface area contributed by atoms with Gasteiger partial charge in [0.05, 0.1) is 19.6 Å². The summed E-state index contributed by atoms with van der Waals surface area (Å²) < 4.78 is 0. The van der Waals surface area contributed by atoms with Gasteiger partial charge < -0.3 is 20.2 Å². The summed E-state index contributed by atoms with van der Waals surface area (Å²) >= 11 is 0. The molecule has 1 amide bonds. The molecule has 1 heterocycles. The van der Waals surface area contributed by atoms with E-state index < -0.39 is 17.9 Å². The molecule has 1 rings (SSSR count). The Kier molecular flexibility index (Phi) is 6.73. The van der Waals surface area contributed by atoms with Gasteiger partial charge in [0.15, 0.2) is 0 Å². The van der Waals surface area contributed by atoms with Crippen LogP contribution in [0.5, 0.6) is 0 Å². The Morgan fingerprint density at radius 2 is 1.59 bits per heavy atom.